The molecular weight excluding hydrogens is 246 g/mol. The lowest BCUT2D eigenvalue weighted by atomic mass is 10.2. The number of carboxylic acids is 1. The summed E-state index contributed by atoms with van der Waals surface area (Å²) in [6, 6.07) is 3.14. The lowest BCUT2D eigenvalue weighted by Gasteiger charge is -2.25. The maximum Gasteiger partial charge on any atom is 0.327 e. The lowest BCUT2D eigenvalue weighted by Crippen LogP contribution is -2.41. The molecular formula is C10H11NO3S2. The van der Waals surface area contributed by atoms with Crippen LogP contribution < -0.4 is 0 Å². The van der Waals surface area contributed by atoms with E-state index in [0.29, 0.717) is 5.75 Å². The topological polar surface area (TPSA) is 57.6 Å². The average molecular weight is 257 g/mol. The fraction of sp³-hybridized carbons (Fsp3) is 0.400. The van der Waals surface area contributed by atoms with Crippen molar-refractivity contribution in [1.29, 1.82) is 0 Å². The first-order chi connectivity index (χ1) is 7.61. The highest BCUT2D eigenvalue weighted by Crippen LogP contribution is 2.42. The van der Waals surface area contributed by atoms with Crippen LogP contribution >= 0.6 is 23.1 Å². The summed E-state index contributed by atoms with van der Waals surface area (Å²) in [6.07, 6.45) is 0. The highest BCUT2D eigenvalue weighted by Gasteiger charge is 2.41. The van der Waals surface area contributed by atoms with E-state index in [-0.39, 0.29) is 11.3 Å². The van der Waals surface area contributed by atoms with Crippen molar-refractivity contribution in [3.05, 3.63) is 22.4 Å². The number of aliphatic carboxylic acids is 1. The van der Waals surface area contributed by atoms with E-state index in [2.05, 4.69) is 0 Å². The predicted molar refractivity (Wildman–Crippen MR) is 63.5 cm³/mol. The molecule has 86 valence electrons. The summed E-state index contributed by atoms with van der Waals surface area (Å²) in [5.41, 5.74) is 0. The molecule has 2 atom stereocenters. The molecule has 2 rings (SSSR count). The van der Waals surface area contributed by atoms with Crippen LogP contribution in [-0.4, -0.2) is 33.7 Å². The maximum atomic E-state index is 11.5. The number of carbonyl (C=O) groups excluding carboxylic acids is 1. The molecule has 1 aromatic rings. The van der Waals surface area contributed by atoms with Gasteiger partial charge in [-0.25, -0.2) is 4.79 Å². The molecule has 4 nitrogen and oxygen atoms in total. The molecule has 1 saturated heterocycles. The average Bonchev–Trinajstić information content (AvgIpc) is 2.85. The monoisotopic (exact) mass is 257 g/mol. The third-order valence-corrected chi connectivity index (χ3v) is 4.81. The summed E-state index contributed by atoms with van der Waals surface area (Å²) < 4.78 is 0. The second-order valence-corrected chi connectivity index (χ2v) is 5.57. The minimum Gasteiger partial charge on any atom is -0.480 e. The Morgan fingerprint density at radius 3 is 2.81 bits per heavy atom. The van der Waals surface area contributed by atoms with Crippen LogP contribution in [-0.2, 0) is 9.59 Å². The van der Waals surface area contributed by atoms with Crippen molar-refractivity contribution in [3.8, 4) is 0 Å². The molecule has 1 amide bonds. The Labute approximate surface area is 101 Å². The number of rotatable bonds is 2. The molecule has 1 aliphatic heterocycles. The molecule has 16 heavy (non-hydrogen) atoms. The molecule has 0 aromatic carbocycles. The SMILES string of the molecule is CC(=O)N1[C@H](C(=O)O)CS[C@H]1c1cccs1. The zero-order chi connectivity index (χ0) is 11.7. The Bertz CT molecular complexity index is 404. The Morgan fingerprint density at radius 1 is 1.56 bits per heavy atom. The standard InChI is InChI=1S/C10H11NO3S2/c1-6(12)11-7(10(13)14)5-16-9(11)8-3-2-4-15-8/h2-4,7,9H,5H2,1H3,(H,13,14)/t7-,9-/m0/s1. The van der Waals surface area contributed by atoms with Crippen molar-refractivity contribution in [1.82, 2.24) is 4.90 Å². The van der Waals surface area contributed by atoms with E-state index >= 15 is 0 Å². The van der Waals surface area contributed by atoms with Crippen molar-refractivity contribution in [2.45, 2.75) is 18.3 Å². The lowest BCUT2D eigenvalue weighted by molar-refractivity contribution is -0.148. The number of hydrogen-bond acceptors (Lipinski definition) is 4. The first kappa shape index (κ1) is 11.5. The first-order valence-electron chi connectivity index (χ1n) is 4.78. The zero-order valence-corrected chi connectivity index (χ0v) is 10.3. The van der Waals surface area contributed by atoms with Gasteiger partial charge in [-0.1, -0.05) is 6.07 Å². The summed E-state index contributed by atoms with van der Waals surface area (Å²) in [5, 5.41) is 10.8. The zero-order valence-electron chi connectivity index (χ0n) is 8.62. The van der Waals surface area contributed by atoms with Gasteiger partial charge in [0.1, 0.15) is 11.4 Å². The number of amides is 1. The number of thioether (sulfide) groups is 1. The van der Waals surface area contributed by atoms with Gasteiger partial charge in [0.15, 0.2) is 0 Å². The summed E-state index contributed by atoms with van der Waals surface area (Å²) >= 11 is 3.06. The molecule has 1 aliphatic rings. The van der Waals surface area contributed by atoms with Crippen LogP contribution in [0.15, 0.2) is 17.5 Å². The number of carboxylic acid groups (broad SMARTS) is 1. The van der Waals surface area contributed by atoms with Gasteiger partial charge >= 0.3 is 5.97 Å². The van der Waals surface area contributed by atoms with E-state index in [9.17, 15) is 9.59 Å². The Hall–Kier alpha value is -1.01. The van der Waals surface area contributed by atoms with Gasteiger partial charge in [0.2, 0.25) is 5.91 Å². The van der Waals surface area contributed by atoms with Crippen molar-refractivity contribution >= 4 is 35.0 Å². The quantitative estimate of drug-likeness (QED) is 0.877. The second-order valence-electron chi connectivity index (χ2n) is 3.48. The van der Waals surface area contributed by atoms with Crippen molar-refractivity contribution < 1.29 is 14.7 Å². The van der Waals surface area contributed by atoms with Gasteiger partial charge < -0.3 is 10.0 Å². The summed E-state index contributed by atoms with van der Waals surface area (Å²) in [7, 11) is 0. The molecule has 1 N–H and O–H groups in total. The second kappa shape index (κ2) is 4.47. The van der Waals surface area contributed by atoms with Gasteiger partial charge in [-0.2, -0.15) is 0 Å². The van der Waals surface area contributed by atoms with E-state index in [4.69, 9.17) is 5.11 Å². The van der Waals surface area contributed by atoms with Gasteiger partial charge in [-0.15, -0.1) is 23.1 Å². The molecule has 0 radical (unpaired) electrons. The van der Waals surface area contributed by atoms with E-state index in [1.807, 2.05) is 17.5 Å². The number of carbonyl (C=O) groups is 2. The molecule has 0 spiro atoms. The van der Waals surface area contributed by atoms with Crippen LogP contribution in [0, 0.1) is 0 Å². The molecule has 0 bridgehead atoms. The molecule has 2 heterocycles. The third kappa shape index (κ3) is 1.94. The van der Waals surface area contributed by atoms with Crippen molar-refractivity contribution in [2.24, 2.45) is 0 Å². The van der Waals surface area contributed by atoms with Gasteiger partial charge in [0, 0.05) is 17.6 Å². The van der Waals surface area contributed by atoms with Gasteiger partial charge in [0.25, 0.3) is 0 Å². The Balaban J connectivity index is 2.28. The Morgan fingerprint density at radius 2 is 2.31 bits per heavy atom. The van der Waals surface area contributed by atoms with Gasteiger partial charge in [-0.3, -0.25) is 4.79 Å². The van der Waals surface area contributed by atoms with Gasteiger partial charge in [0.05, 0.1) is 0 Å². The molecule has 1 aromatic heterocycles. The number of nitrogens with zero attached hydrogens (tertiary/aromatic N) is 1. The number of hydrogen-bond donors (Lipinski definition) is 1. The molecule has 0 aliphatic carbocycles. The normalized spacial score (nSPS) is 24.7. The first-order valence-corrected chi connectivity index (χ1v) is 6.71. The van der Waals surface area contributed by atoms with E-state index in [1.54, 1.807) is 11.3 Å². The minimum atomic E-state index is -0.929. The maximum absolute atomic E-state index is 11.5. The van der Waals surface area contributed by atoms with E-state index in [1.165, 1.54) is 23.6 Å². The number of thiophene rings is 1. The summed E-state index contributed by atoms with van der Waals surface area (Å²) in [4.78, 5) is 25.0. The van der Waals surface area contributed by atoms with Crippen molar-refractivity contribution in [3.63, 3.8) is 0 Å². The predicted octanol–water partition coefficient (Wildman–Crippen LogP) is 1.80. The highest BCUT2D eigenvalue weighted by atomic mass is 32.2. The summed E-state index contributed by atoms with van der Waals surface area (Å²) in [6.45, 7) is 1.42. The molecule has 6 heteroatoms. The summed E-state index contributed by atoms with van der Waals surface area (Å²) in [5.74, 6) is -0.658. The minimum absolute atomic E-state index is 0.140. The molecule has 0 unspecified atom stereocenters. The highest BCUT2D eigenvalue weighted by molar-refractivity contribution is 7.99. The largest absolute Gasteiger partial charge is 0.480 e. The fourth-order valence-corrected chi connectivity index (χ4v) is 4.17. The van der Waals surface area contributed by atoms with Gasteiger partial charge in [-0.05, 0) is 11.4 Å². The fourth-order valence-electron chi connectivity index (χ4n) is 1.73. The molecule has 1 fully saturated rings. The van der Waals surface area contributed by atoms with Crippen LogP contribution in [0.2, 0.25) is 0 Å². The molecule has 0 saturated carbocycles. The Kier molecular flexibility index (Phi) is 3.20. The van der Waals surface area contributed by atoms with Crippen LogP contribution in [0.5, 0.6) is 0 Å². The smallest absolute Gasteiger partial charge is 0.327 e. The van der Waals surface area contributed by atoms with Crippen LogP contribution in [0.4, 0.5) is 0 Å². The van der Waals surface area contributed by atoms with Crippen molar-refractivity contribution in [2.75, 3.05) is 5.75 Å². The van der Waals surface area contributed by atoms with E-state index < -0.39 is 12.0 Å². The third-order valence-electron chi connectivity index (χ3n) is 2.44. The van der Waals surface area contributed by atoms with Crippen LogP contribution in [0.25, 0.3) is 0 Å². The van der Waals surface area contributed by atoms with Crippen LogP contribution in [0.1, 0.15) is 17.2 Å². The van der Waals surface area contributed by atoms with E-state index in [0.717, 1.165) is 4.88 Å². The van der Waals surface area contributed by atoms with Crippen LogP contribution in [0.3, 0.4) is 0 Å².